The van der Waals surface area contributed by atoms with E-state index in [1.54, 1.807) is 11.3 Å². The Balaban J connectivity index is 1.64. The number of piperidine rings is 1. The largest absolute Gasteiger partial charge is 0.392 e. The van der Waals surface area contributed by atoms with Crippen LogP contribution < -0.4 is 0 Å². The zero-order valence-corrected chi connectivity index (χ0v) is 11.8. The molecule has 1 unspecified atom stereocenters. The van der Waals surface area contributed by atoms with Gasteiger partial charge in [-0.1, -0.05) is 0 Å². The Bertz CT molecular complexity index is 587. The Kier molecular flexibility index (Phi) is 2.86. The topological polar surface area (TPSA) is 40.8 Å². The molecular weight excluding hydrogens is 258 g/mol. The van der Waals surface area contributed by atoms with Gasteiger partial charge in [-0.3, -0.25) is 9.30 Å². The van der Waals surface area contributed by atoms with Crippen molar-refractivity contribution >= 4 is 16.3 Å². The van der Waals surface area contributed by atoms with Crippen LogP contribution in [-0.2, 0) is 6.54 Å². The van der Waals surface area contributed by atoms with Gasteiger partial charge in [0.2, 0.25) is 0 Å². The van der Waals surface area contributed by atoms with Crippen molar-refractivity contribution in [2.45, 2.75) is 44.2 Å². The first-order chi connectivity index (χ1) is 9.31. The molecule has 1 atom stereocenters. The predicted octanol–water partition coefficient (Wildman–Crippen LogP) is 2.23. The van der Waals surface area contributed by atoms with E-state index in [2.05, 4.69) is 20.9 Å². The number of likely N-dealkylation sites (tertiary alicyclic amines) is 1. The summed E-state index contributed by atoms with van der Waals surface area (Å²) in [6, 6.07) is 0. The van der Waals surface area contributed by atoms with Crippen molar-refractivity contribution in [1.29, 1.82) is 0 Å². The number of β-amino-alcohol motifs (C(OH)–C–C–N with tert-alkyl or cyclic N) is 1. The molecule has 0 radical (unpaired) electrons. The molecule has 2 fully saturated rings. The highest BCUT2D eigenvalue weighted by Crippen LogP contribution is 2.42. The lowest BCUT2D eigenvalue weighted by Crippen LogP contribution is -2.38. The third-order valence-electron chi connectivity index (χ3n) is 4.21. The minimum Gasteiger partial charge on any atom is -0.392 e. The number of imidazole rings is 1. The number of hydrogen-bond acceptors (Lipinski definition) is 4. The van der Waals surface area contributed by atoms with Crippen LogP contribution in [0.2, 0.25) is 0 Å². The van der Waals surface area contributed by atoms with Crippen molar-refractivity contribution < 1.29 is 5.11 Å². The lowest BCUT2D eigenvalue weighted by molar-refractivity contribution is 0.0659. The van der Waals surface area contributed by atoms with E-state index in [1.165, 1.54) is 24.2 Å². The van der Waals surface area contributed by atoms with Crippen molar-refractivity contribution in [3.8, 4) is 0 Å². The number of aliphatic hydroxyl groups excluding tert-OH is 1. The Morgan fingerprint density at radius 1 is 1.37 bits per heavy atom. The smallest absolute Gasteiger partial charge is 0.194 e. The van der Waals surface area contributed by atoms with Gasteiger partial charge in [0.05, 0.1) is 17.5 Å². The van der Waals surface area contributed by atoms with Crippen molar-refractivity contribution in [2.75, 3.05) is 13.1 Å². The predicted molar refractivity (Wildman–Crippen MR) is 75.6 cm³/mol. The summed E-state index contributed by atoms with van der Waals surface area (Å²) in [7, 11) is 0. The first-order valence-electron chi connectivity index (χ1n) is 7.16. The second-order valence-corrected chi connectivity index (χ2v) is 6.68. The van der Waals surface area contributed by atoms with Gasteiger partial charge >= 0.3 is 0 Å². The van der Waals surface area contributed by atoms with Crippen molar-refractivity contribution in [3.05, 3.63) is 23.0 Å². The van der Waals surface area contributed by atoms with E-state index in [9.17, 15) is 5.11 Å². The molecule has 1 N–H and O–H groups in total. The van der Waals surface area contributed by atoms with Gasteiger partial charge in [0.25, 0.3) is 0 Å². The SMILES string of the molecule is OC1CCCN(Cc2c(C3CC3)nc3sccn23)C1. The molecule has 2 aromatic heterocycles. The summed E-state index contributed by atoms with van der Waals surface area (Å²) in [5.74, 6) is 0.691. The summed E-state index contributed by atoms with van der Waals surface area (Å²) >= 11 is 1.71. The molecule has 0 amide bonds. The van der Waals surface area contributed by atoms with Crippen LogP contribution in [0.1, 0.15) is 43.0 Å². The Morgan fingerprint density at radius 2 is 2.26 bits per heavy atom. The maximum absolute atomic E-state index is 9.81. The Labute approximate surface area is 116 Å². The minimum atomic E-state index is -0.149. The summed E-state index contributed by atoms with van der Waals surface area (Å²) < 4.78 is 2.25. The standard InChI is InChI=1S/C14H19N3OS/c18-11-2-1-5-16(8-11)9-12-13(10-3-4-10)15-14-17(12)6-7-19-14/h6-7,10-11,18H,1-5,8-9H2. The van der Waals surface area contributed by atoms with Gasteiger partial charge < -0.3 is 5.11 Å². The maximum Gasteiger partial charge on any atom is 0.194 e. The van der Waals surface area contributed by atoms with Crippen LogP contribution in [0.15, 0.2) is 11.6 Å². The Morgan fingerprint density at radius 3 is 3.05 bits per heavy atom. The molecule has 4 nitrogen and oxygen atoms in total. The van der Waals surface area contributed by atoms with Crippen LogP contribution in [0.4, 0.5) is 0 Å². The van der Waals surface area contributed by atoms with E-state index in [-0.39, 0.29) is 6.10 Å². The molecule has 1 saturated carbocycles. The van der Waals surface area contributed by atoms with Crippen molar-refractivity contribution in [1.82, 2.24) is 14.3 Å². The fourth-order valence-corrected chi connectivity index (χ4v) is 3.82. The summed E-state index contributed by atoms with van der Waals surface area (Å²) in [5, 5.41) is 11.9. The minimum absolute atomic E-state index is 0.149. The molecule has 5 heteroatoms. The number of rotatable bonds is 3. The van der Waals surface area contributed by atoms with Crippen LogP contribution in [0.25, 0.3) is 4.96 Å². The van der Waals surface area contributed by atoms with Crippen LogP contribution >= 0.6 is 11.3 Å². The molecule has 3 heterocycles. The summed E-state index contributed by atoms with van der Waals surface area (Å²) in [6.45, 7) is 2.83. The van der Waals surface area contributed by atoms with E-state index in [0.29, 0.717) is 5.92 Å². The normalized spacial score (nSPS) is 25.2. The van der Waals surface area contributed by atoms with Gasteiger partial charge in [0.15, 0.2) is 4.96 Å². The summed E-state index contributed by atoms with van der Waals surface area (Å²) in [5.41, 5.74) is 2.67. The van der Waals surface area contributed by atoms with Crippen LogP contribution in [-0.4, -0.2) is 38.6 Å². The lowest BCUT2D eigenvalue weighted by atomic mass is 10.1. The average Bonchev–Trinajstić information content (AvgIpc) is 3.03. The molecule has 1 saturated heterocycles. The quantitative estimate of drug-likeness (QED) is 0.935. The van der Waals surface area contributed by atoms with Crippen LogP contribution in [0.5, 0.6) is 0 Å². The number of aromatic nitrogens is 2. The first-order valence-corrected chi connectivity index (χ1v) is 8.04. The molecule has 0 bridgehead atoms. The molecule has 19 heavy (non-hydrogen) atoms. The molecule has 1 aliphatic carbocycles. The summed E-state index contributed by atoms with van der Waals surface area (Å²) in [4.78, 5) is 8.31. The molecule has 0 spiro atoms. The second-order valence-electron chi connectivity index (χ2n) is 5.80. The number of aliphatic hydroxyl groups is 1. The molecule has 0 aromatic carbocycles. The van der Waals surface area contributed by atoms with Crippen molar-refractivity contribution in [3.63, 3.8) is 0 Å². The van der Waals surface area contributed by atoms with Crippen LogP contribution in [0, 0.1) is 0 Å². The third-order valence-corrected chi connectivity index (χ3v) is 4.97. The van der Waals surface area contributed by atoms with Gasteiger partial charge in [0.1, 0.15) is 0 Å². The number of thiazole rings is 1. The number of fused-ring (bicyclic) bond motifs is 1. The zero-order chi connectivity index (χ0) is 12.8. The van der Waals surface area contributed by atoms with Crippen LogP contribution in [0.3, 0.4) is 0 Å². The number of hydrogen-bond donors (Lipinski definition) is 1. The highest BCUT2D eigenvalue weighted by atomic mass is 32.1. The molecular formula is C14H19N3OS. The molecule has 4 rings (SSSR count). The second kappa shape index (κ2) is 4.58. The zero-order valence-electron chi connectivity index (χ0n) is 11.0. The third kappa shape index (κ3) is 2.20. The van der Waals surface area contributed by atoms with Gasteiger partial charge in [-0.05, 0) is 32.2 Å². The molecule has 102 valence electrons. The first kappa shape index (κ1) is 11.9. The van der Waals surface area contributed by atoms with Gasteiger partial charge in [-0.2, -0.15) is 0 Å². The fraction of sp³-hybridized carbons (Fsp3) is 0.643. The van der Waals surface area contributed by atoms with E-state index in [4.69, 9.17) is 4.98 Å². The van der Waals surface area contributed by atoms with E-state index in [1.807, 2.05) is 0 Å². The molecule has 2 aliphatic rings. The average molecular weight is 277 g/mol. The number of nitrogens with zero attached hydrogens (tertiary/aromatic N) is 3. The van der Waals surface area contributed by atoms with Gasteiger partial charge in [0, 0.05) is 30.6 Å². The molecule has 1 aliphatic heterocycles. The highest BCUT2D eigenvalue weighted by molar-refractivity contribution is 7.15. The summed E-state index contributed by atoms with van der Waals surface area (Å²) in [6.07, 6.45) is 6.62. The highest BCUT2D eigenvalue weighted by Gasteiger charge is 2.31. The monoisotopic (exact) mass is 277 g/mol. The van der Waals surface area contributed by atoms with E-state index >= 15 is 0 Å². The van der Waals surface area contributed by atoms with Gasteiger partial charge in [-0.15, -0.1) is 11.3 Å². The van der Waals surface area contributed by atoms with Gasteiger partial charge in [-0.25, -0.2) is 4.98 Å². The maximum atomic E-state index is 9.81. The van der Waals surface area contributed by atoms with Crippen molar-refractivity contribution in [2.24, 2.45) is 0 Å². The molecule has 2 aromatic rings. The Hall–Kier alpha value is -0.910. The van der Waals surface area contributed by atoms with E-state index in [0.717, 1.165) is 37.4 Å². The van der Waals surface area contributed by atoms with E-state index < -0.39 is 0 Å². The lowest BCUT2D eigenvalue weighted by Gasteiger charge is -2.29. The fourth-order valence-electron chi connectivity index (χ4n) is 3.08.